The van der Waals surface area contributed by atoms with Crippen LogP contribution >= 0.6 is 0 Å². The summed E-state index contributed by atoms with van der Waals surface area (Å²) < 4.78 is 5.38. The fourth-order valence-corrected chi connectivity index (χ4v) is 1.16. The van der Waals surface area contributed by atoms with Gasteiger partial charge in [0.15, 0.2) is 0 Å². The molecule has 0 aliphatic carbocycles. The number of hydrogen-bond acceptors (Lipinski definition) is 2. The quantitative estimate of drug-likeness (QED) is 0.723. The second-order valence-electron chi connectivity index (χ2n) is 5.90. The Bertz CT molecular complexity index is 216. The van der Waals surface area contributed by atoms with Crippen molar-refractivity contribution in [1.82, 2.24) is 4.90 Å². The molecule has 15 heavy (non-hydrogen) atoms. The lowest BCUT2D eigenvalue weighted by Gasteiger charge is -2.30. The number of hydrogen-bond donors (Lipinski definition) is 0. The van der Waals surface area contributed by atoms with Crippen LogP contribution in [0.1, 0.15) is 48.0 Å². The Kier molecular flexibility index (Phi) is 4.63. The first-order valence-electron chi connectivity index (χ1n) is 5.51. The summed E-state index contributed by atoms with van der Waals surface area (Å²) in [6.07, 6.45) is 0.582. The molecule has 1 amide bonds. The van der Waals surface area contributed by atoms with Gasteiger partial charge in [0, 0.05) is 13.6 Å². The van der Waals surface area contributed by atoms with Gasteiger partial charge in [0.2, 0.25) is 0 Å². The van der Waals surface area contributed by atoms with E-state index in [9.17, 15) is 4.79 Å². The first kappa shape index (κ1) is 14.3. The third-order valence-electron chi connectivity index (χ3n) is 2.24. The summed E-state index contributed by atoms with van der Waals surface area (Å²) in [6, 6.07) is 0. The molecule has 0 saturated carbocycles. The molecule has 0 bridgehead atoms. The Morgan fingerprint density at radius 2 is 1.67 bits per heavy atom. The predicted octanol–water partition coefficient (Wildman–Crippen LogP) is 3.29. The number of carbonyl (C=O) groups excluding carboxylic acids is 1. The highest BCUT2D eigenvalue weighted by Crippen LogP contribution is 2.18. The SMILES string of the molecule is CCC(C)(C)OC(=O)N(C)CC(C)(C)C. The summed E-state index contributed by atoms with van der Waals surface area (Å²) >= 11 is 0. The van der Waals surface area contributed by atoms with Crippen molar-refractivity contribution in [3.8, 4) is 0 Å². The lowest BCUT2D eigenvalue weighted by atomic mass is 9.96. The fourth-order valence-electron chi connectivity index (χ4n) is 1.16. The third-order valence-corrected chi connectivity index (χ3v) is 2.24. The molecule has 0 heterocycles. The number of carbonyl (C=O) groups is 1. The molecule has 0 N–H and O–H groups in total. The third kappa shape index (κ3) is 6.37. The zero-order valence-electron chi connectivity index (χ0n) is 11.2. The monoisotopic (exact) mass is 215 g/mol. The maximum Gasteiger partial charge on any atom is 0.410 e. The molecule has 3 heteroatoms. The summed E-state index contributed by atoms with van der Waals surface area (Å²) in [5.74, 6) is 0. The number of amides is 1. The molecule has 3 nitrogen and oxygen atoms in total. The van der Waals surface area contributed by atoms with Crippen molar-refractivity contribution in [1.29, 1.82) is 0 Å². The van der Waals surface area contributed by atoms with E-state index in [1.807, 2.05) is 20.8 Å². The van der Waals surface area contributed by atoms with Gasteiger partial charge in [0.1, 0.15) is 5.60 Å². The first-order valence-corrected chi connectivity index (χ1v) is 5.51. The van der Waals surface area contributed by atoms with Crippen LogP contribution in [0.2, 0.25) is 0 Å². The van der Waals surface area contributed by atoms with Crippen molar-refractivity contribution in [2.24, 2.45) is 5.41 Å². The van der Waals surface area contributed by atoms with Crippen LogP contribution in [-0.4, -0.2) is 30.2 Å². The van der Waals surface area contributed by atoms with Crippen molar-refractivity contribution in [2.75, 3.05) is 13.6 Å². The lowest BCUT2D eigenvalue weighted by molar-refractivity contribution is 0.0111. The van der Waals surface area contributed by atoms with E-state index >= 15 is 0 Å². The Morgan fingerprint density at radius 1 is 1.20 bits per heavy atom. The van der Waals surface area contributed by atoms with Crippen LogP contribution in [-0.2, 0) is 4.74 Å². The van der Waals surface area contributed by atoms with Crippen molar-refractivity contribution in [3.05, 3.63) is 0 Å². The largest absolute Gasteiger partial charge is 0.443 e. The van der Waals surface area contributed by atoms with Crippen molar-refractivity contribution in [2.45, 2.75) is 53.6 Å². The van der Waals surface area contributed by atoms with Gasteiger partial charge < -0.3 is 9.64 Å². The molecule has 0 aliphatic rings. The van der Waals surface area contributed by atoms with Gasteiger partial charge in [-0.15, -0.1) is 0 Å². The van der Waals surface area contributed by atoms with E-state index in [4.69, 9.17) is 4.74 Å². The predicted molar refractivity (Wildman–Crippen MR) is 62.9 cm³/mol. The van der Waals surface area contributed by atoms with E-state index < -0.39 is 0 Å². The number of ether oxygens (including phenoxy) is 1. The first-order chi connectivity index (χ1) is 6.57. The van der Waals surface area contributed by atoms with Crippen LogP contribution < -0.4 is 0 Å². The van der Waals surface area contributed by atoms with Crippen molar-refractivity contribution >= 4 is 6.09 Å². The van der Waals surface area contributed by atoms with Gasteiger partial charge in [-0.25, -0.2) is 4.79 Å². The summed E-state index contributed by atoms with van der Waals surface area (Å²) in [5, 5.41) is 0. The average molecular weight is 215 g/mol. The van der Waals surface area contributed by atoms with E-state index in [1.165, 1.54) is 0 Å². The molecule has 0 aromatic carbocycles. The molecule has 0 saturated heterocycles. The fraction of sp³-hybridized carbons (Fsp3) is 0.917. The van der Waals surface area contributed by atoms with Crippen LogP contribution in [0.4, 0.5) is 4.79 Å². The molecule has 0 fully saturated rings. The van der Waals surface area contributed by atoms with Crippen molar-refractivity contribution in [3.63, 3.8) is 0 Å². The average Bonchev–Trinajstić information content (AvgIpc) is 2.00. The summed E-state index contributed by atoms with van der Waals surface area (Å²) in [6.45, 7) is 12.9. The molecule has 0 aromatic rings. The molecule has 0 aliphatic heterocycles. The molecule has 0 rings (SSSR count). The summed E-state index contributed by atoms with van der Waals surface area (Å²) in [5.41, 5.74) is -0.270. The van der Waals surface area contributed by atoms with E-state index in [-0.39, 0.29) is 17.1 Å². The molecule has 90 valence electrons. The maximum atomic E-state index is 11.7. The molecule has 0 spiro atoms. The number of nitrogens with zero attached hydrogens (tertiary/aromatic N) is 1. The molecular weight excluding hydrogens is 190 g/mol. The van der Waals surface area contributed by atoms with Gasteiger partial charge in [-0.3, -0.25) is 0 Å². The second kappa shape index (κ2) is 4.86. The van der Waals surface area contributed by atoms with Crippen LogP contribution in [0, 0.1) is 5.41 Å². The van der Waals surface area contributed by atoms with Gasteiger partial charge in [0.25, 0.3) is 0 Å². The van der Waals surface area contributed by atoms with Crippen LogP contribution in [0.25, 0.3) is 0 Å². The minimum absolute atomic E-state index is 0.101. The molecule has 0 unspecified atom stereocenters. The highest BCUT2D eigenvalue weighted by atomic mass is 16.6. The zero-order valence-corrected chi connectivity index (χ0v) is 11.2. The minimum atomic E-state index is -0.372. The Balaban J connectivity index is 4.23. The number of rotatable bonds is 3. The lowest BCUT2D eigenvalue weighted by Crippen LogP contribution is -2.39. The zero-order chi connectivity index (χ0) is 12.3. The van der Waals surface area contributed by atoms with E-state index in [0.717, 1.165) is 6.42 Å². The topological polar surface area (TPSA) is 29.5 Å². The normalized spacial score (nSPS) is 12.5. The van der Waals surface area contributed by atoms with Gasteiger partial charge in [0.05, 0.1) is 0 Å². The van der Waals surface area contributed by atoms with E-state index in [1.54, 1.807) is 11.9 Å². The summed E-state index contributed by atoms with van der Waals surface area (Å²) in [4.78, 5) is 13.3. The molecule has 0 radical (unpaired) electrons. The highest BCUT2D eigenvalue weighted by Gasteiger charge is 2.24. The Labute approximate surface area is 93.8 Å². The van der Waals surface area contributed by atoms with Crippen molar-refractivity contribution < 1.29 is 9.53 Å². The molecule has 0 atom stereocenters. The van der Waals surface area contributed by atoms with Crippen LogP contribution in [0.5, 0.6) is 0 Å². The Hall–Kier alpha value is -0.730. The molecular formula is C12H25NO2. The van der Waals surface area contributed by atoms with E-state index in [0.29, 0.717) is 6.54 Å². The van der Waals surface area contributed by atoms with Gasteiger partial charge >= 0.3 is 6.09 Å². The standard InChI is InChI=1S/C12H25NO2/c1-8-12(5,6)15-10(14)13(7)9-11(2,3)4/h8-9H2,1-7H3. The van der Waals surface area contributed by atoms with E-state index in [2.05, 4.69) is 20.8 Å². The summed E-state index contributed by atoms with van der Waals surface area (Å²) in [7, 11) is 1.78. The van der Waals surface area contributed by atoms with Gasteiger partial charge in [-0.2, -0.15) is 0 Å². The van der Waals surface area contributed by atoms with Gasteiger partial charge in [-0.1, -0.05) is 27.7 Å². The van der Waals surface area contributed by atoms with Crippen LogP contribution in [0.3, 0.4) is 0 Å². The molecule has 0 aromatic heterocycles. The smallest absolute Gasteiger partial charge is 0.410 e. The van der Waals surface area contributed by atoms with Gasteiger partial charge in [-0.05, 0) is 25.7 Å². The maximum absolute atomic E-state index is 11.7. The highest BCUT2D eigenvalue weighted by molar-refractivity contribution is 5.67. The second-order valence-corrected chi connectivity index (χ2v) is 5.90. The minimum Gasteiger partial charge on any atom is -0.443 e. The van der Waals surface area contributed by atoms with Crippen LogP contribution in [0.15, 0.2) is 0 Å². The Morgan fingerprint density at radius 3 is 2.00 bits per heavy atom.